The second kappa shape index (κ2) is 11.9. The summed E-state index contributed by atoms with van der Waals surface area (Å²) in [5, 5.41) is 27.4. The van der Waals surface area contributed by atoms with Gasteiger partial charge in [-0.3, -0.25) is 9.48 Å². The van der Waals surface area contributed by atoms with Crippen LogP contribution in [0.1, 0.15) is 50.8 Å². The van der Waals surface area contributed by atoms with Crippen LogP contribution in [0.2, 0.25) is 0 Å². The van der Waals surface area contributed by atoms with Gasteiger partial charge in [0.25, 0.3) is 5.88 Å². The second-order valence-electron chi connectivity index (χ2n) is 10.4. The molecule has 12 heteroatoms. The number of methoxy groups -OCH3 is 1. The molecule has 4 heterocycles. The minimum Gasteiger partial charge on any atom is -0.507 e. The number of nitrogens with zero attached hydrogens (tertiary/aromatic N) is 6. The molecule has 5 rings (SSSR count). The van der Waals surface area contributed by atoms with Crippen LogP contribution in [0.5, 0.6) is 11.6 Å². The van der Waals surface area contributed by atoms with E-state index in [-0.39, 0.29) is 23.7 Å². The molecule has 3 N–H and O–H groups in total. The lowest BCUT2D eigenvalue weighted by Crippen LogP contribution is -2.36. The van der Waals surface area contributed by atoms with Gasteiger partial charge in [0.1, 0.15) is 11.7 Å². The number of carbonyl (C=O) groups excluding carboxylic acids is 1. The van der Waals surface area contributed by atoms with Gasteiger partial charge in [0.15, 0.2) is 17.1 Å². The van der Waals surface area contributed by atoms with Crippen LogP contribution in [-0.4, -0.2) is 74.5 Å². The zero-order valence-corrected chi connectivity index (χ0v) is 23.0. The number of nitrogen functional groups attached to an aromatic ring is 1. The summed E-state index contributed by atoms with van der Waals surface area (Å²) in [4.78, 5) is 14.5. The molecule has 0 aliphatic carbocycles. The highest BCUT2D eigenvalue weighted by atomic mass is 16.5. The molecule has 0 amide bonds. The van der Waals surface area contributed by atoms with Crippen LogP contribution in [0.3, 0.4) is 0 Å². The summed E-state index contributed by atoms with van der Waals surface area (Å²) in [6.07, 6.45) is 2.67. The fourth-order valence-electron chi connectivity index (χ4n) is 5.24. The van der Waals surface area contributed by atoms with Crippen molar-refractivity contribution in [3.05, 3.63) is 42.2 Å². The summed E-state index contributed by atoms with van der Waals surface area (Å²) in [7, 11) is 1.36. The fourth-order valence-corrected chi connectivity index (χ4v) is 5.24. The van der Waals surface area contributed by atoms with Gasteiger partial charge in [-0.05, 0) is 48.5 Å². The monoisotopic (exact) mass is 549 g/mol. The lowest BCUT2D eigenvalue weighted by Gasteiger charge is -2.32. The maximum absolute atomic E-state index is 12.1. The van der Waals surface area contributed by atoms with Crippen molar-refractivity contribution < 1.29 is 23.9 Å². The van der Waals surface area contributed by atoms with E-state index in [4.69, 9.17) is 19.7 Å². The van der Waals surface area contributed by atoms with Crippen LogP contribution >= 0.6 is 0 Å². The summed E-state index contributed by atoms with van der Waals surface area (Å²) in [6.45, 7) is 7.07. The molecule has 0 spiro atoms. The highest BCUT2D eigenvalue weighted by Gasteiger charge is 2.30. The number of benzene rings is 1. The molecule has 1 aromatic carbocycles. The molecule has 1 unspecified atom stereocenters. The number of likely N-dealkylation sites (tertiary alicyclic amines) is 1. The van der Waals surface area contributed by atoms with Gasteiger partial charge in [0.2, 0.25) is 0 Å². The molecule has 0 radical (unpaired) electrons. The van der Waals surface area contributed by atoms with Gasteiger partial charge in [0.05, 0.1) is 31.0 Å². The zero-order valence-electron chi connectivity index (χ0n) is 23.0. The number of rotatable bonds is 10. The molecule has 12 nitrogen and oxygen atoms in total. The number of nitrogens with two attached hydrogens (primary N) is 1. The number of carbonyl (C=O) groups is 1. The van der Waals surface area contributed by atoms with Gasteiger partial charge in [-0.25, -0.2) is 0 Å². The number of fused-ring (bicyclic) bond motifs is 1. The lowest BCUT2D eigenvalue weighted by atomic mass is 9.93. The molecule has 1 saturated heterocycles. The second-order valence-corrected chi connectivity index (χ2v) is 10.4. The van der Waals surface area contributed by atoms with E-state index in [9.17, 15) is 9.90 Å². The molecule has 0 saturated carbocycles. The Balaban J connectivity index is 1.14. The van der Waals surface area contributed by atoms with Crippen LogP contribution in [-0.2, 0) is 9.53 Å². The maximum atomic E-state index is 12.1. The minimum atomic E-state index is -0.512. The third-order valence-corrected chi connectivity index (χ3v) is 7.37. The Hall–Kier alpha value is -4.19. The average molecular weight is 550 g/mol. The third kappa shape index (κ3) is 5.71. The number of hydrogen-bond acceptors (Lipinski definition) is 11. The predicted octanol–water partition coefficient (Wildman–Crippen LogP) is 3.79. The van der Waals surface area contributed by atoms with Crippen LogP contribution < -0.4 is 10.5 Å². The third-order valence-electron chi connectivity index (χ3n) is 7.37. The molecular formula is C28H35N7O5. The van der Waals surface area contributed by atoms with Gasteiger partial charge >= 0.3 is 5.97 Å². The Labute approximate surface area is 232 Å². The van der Waals surface area contributed by atoms with E-state index < -0.39 is 5.92 Å². The van der Waals surface area contributed by atoms with Gasteiger partial charge < -0.3 is 29.7 Å². The minimum absolute atomic E-state index is 0.0135. The fraction of sp³-hybridized carbons (Fsp3) is 0.464. The predicted molar refractivity (Wildman–Crippen MR) is 148 cm³/mol. The Morgan fingerprint density at radius 2 is 1.98 bits per heavy atom. The van der Waals surface area contributed by atoms with Crippen molar-refractivity contribution in [2.24, 2.45) is 5.92 Å². The summed E-state index contributed by atoms with van der Waals surface area (Å²) >= 11 is 0. The van der Waals surface area contributed by atoms with Crippen molar-refractivity contribution in [3.63, 3.8) is 0 Å². The zero-order chi connectivity index (χ0) is 28.2. The van der Waals surface area contributed by atoms with E-state index in [0.717, 1.165) is 44.4 Å². The van der Waals surface area contributed by atoms with Gasteiger partial charge in [-0.2, -0.15) is 5.10 Å². The number of aromatic nitrogens is 5. The average Bonchev–Trinajstić information content (AvgIpc) is 3.55. The molecule has 4 aromatic rings. The topological polar surface area (TPSA) is 155 Å². The summed E-state index contributed by atoms with van der Waals surface area (Å²) < 4.78 is 18.0. The SMILES string of the molecule is COC(=O)C(c1cc(OCCCN2CCC(n3nc(N)c4nnc(-c5ccccc5O)cc43)CC2)no1)C(C)C. The molecule has 1 aliphatic heterocycles. The number of esters is 1. The number of hydrogen-bond donors (Lipinski definition) is 2. The van der Waals surface area contributed by atoms with Crippen LogP contribution in [0.4, 0.5) is 5.82 Å². The van der Waals surface area contributed by atoms with E-state index in [2.05, 4.69) is 25.4 Å². The van der Waals surface area contributed by atoms with E-state index >= 15 is 0 Å². The van der Waals surface area contributed by atoms with Crippen molar-refractivity contribution in [2.75, 3.05) is 39.1 Å². The molecule has 212 valence electrons. The van der Waals surface area contributed by atoms with E-state index in [1.54, 1.807) is 18.2 Å². The molecule has 1 fully saturated rings. The van der Waals surface area contributed by atoms with E-state index in [1.807, 2.05) is 36.7 Å². The molecule has 3 aromatic heterocycles. The lowest BCUT2D eigenvalue weighted by molar-refractivity contribution is -0.144. The molecule has 0 bridgehead atoms. The van der Waals surface area contributed by atoms with Crippen molar-refractivity contribution in [3.8, 4) is 22.9 Å². The van der Waals surface area contributed by atoms with Crippen LogP contribution in [0.15, 0.2) is 40.9 Å². The Bertz CT molecular complexity index is 1460. The van der Waals surface area contributed by atoms with Crippen LogP contribution in [0.25, 0.3) is 22.3 Å². The summed E-state index contributed by atoms with van der Waals surface area (Å²) in [5.41, 5.74) is 8.75. The number of piperidine rings is 1. The van der Waals surface area contributed by atoms with Crippen LogP contribution in [0, 0.1) is 5.92 Å². The first-order valence-corrected chi connectivity index (χ1v) is 13.5. The maximum Gasteiger partial charge on any atom is 0.316 e. The Morgan fingerprint density at radius 1 is 1.20 bits per heavy atom. The highest BCUT2D eigenvalue weighted by Crippen LogP contribution is 2.33. The summed E-state index contributed by atoms with van der Waals surface area (Å²) in [5.74, 6) is 0.477. The van der Waals surface area contributed by atoms with Gasteiger partial charge in [0, 0.05) is 31.3 Å². The number of ether oxygens (including phenoxy) is 2. The van der Waals surface area contributed by atoms with E-state index in [0.29, 0.717) is 40.8 Å². The molecule has 40 heavy (non-hydrogen) atoms. The summed E-state index contributed by atoms with van der Waals surface area (Å²) in [6, 6.07) is 10.8. The first-order chi connectivity index (χ1) is 19.4. The normalized spacial score (nSPS) is 15.5. The first kappa shape index (κ1) is 27.4. The molecule has 1 atom stereocenters. The smallest absolute Gasteiger partial charge is 0.316 e. The number of phenols is 1. The number of phenolic OH excluding ortho intramolecular Hbond substituents is 1. The first-order valence-electron chi connectivity index (χ1n) is 13.5. The standard InChI is InChI=1S/C28H35N7O5/c1-17(2)25(28(37)38-3)23-16-24(33-40-23)39-14-6-11-34-12-9-18(10-13-34)35-21-15-20(19-7-4-5-8-22(19)36)30-31-26(21)27(29)32-35/h4-5,7-8,15-18,25,36H,6,9-14H2,1-3H3,(H2,29,32). The Kier molecular flexibility index (Phi) is 8.15. The van der Waals surface area contributed by atoms with Crippen molar-refractivity contribution in [1.29, 1.82) is 0 Å². The van der Waals surface area contributed by atoms with Crippen molar-refractivity contribution >= 4 is 22.8 Å². The van der Waals surface area contributed by atoms with Crippen molar-refractivity contribution in [2.45, 2.75) is 45.1 Å². The van der Waals surface area contributed by atoms with Gasteiger partial charge in [-0.15, -0.1) is 10.2 Å². The number of aromatic hydroxyl groups is 1. The van der Waals surface area contributed by atoms with E-state index in [1.165, 1.54) is 7.11 Å². The largest absolute Gasteiger partial charge is 0.507 e. The van der Waals surface area contributed by atoms with Crippen molar-refractivity contribution in [1.82, 2.24) is 30.0 Å². The molecule has 1 aliphatic rings. The quantitative estimate of drug-likeness (QED) is 0.219. The molecular weight excluding hydrogens is 514 g/mol. The number of anilines is 1. The highest BCUT2D eigenvalue weighted by molar-refractivity contribution is 5.87. The van der Waals surface area contributed by atoms with Gasteiger partial charge in [-0.1, -0.05) is 26.0 Å². The number of para-hydroxylation sites is 1. The Morgan fingerprint density at radius 3 is 2.70 bits per heavy atom.